The molecule has 0 bridgehead atoms. The number of amides is 2. The Morgan fingerprint density at radius 1 is 1.19 bits per heavy atom. The van der Waals surface area contributed by atoms with Gasteiger partial charge in [-0.1, -0.05) is 35.9 Å². The Kier molecular flexibility index (Phi) is 8.02. The summed E-state index contributed by atoms with van der Waals surface area (Å²) in [6, 6.07) is 9.63. The van der Waals surface area contributed by atoms with Crippen molar-refractivity contribution in [2.24, 2.45) is 0 Å². The van der Waals surface area contributed by atoms with Gasteiger partial charge in [0.2, 0.25) is 21.8 Å². The molecule has 2 aromatic carbocycles. The van der Waals surface area contributed by atoms with Gasteiger partial charge in [0, 0.05) is 24.2 Å². The van der Waals surface area contributed by atoms with Crippen molar-refractivity contribution in [3.05, 3.63) is 64.4 Å². The van der Waals surface area contributed by atoms with E-state index in [2.05, 4.69) is 5.32 Å². The predicted molar refractivity (Wildman–Crippen MR) is 119 cm³/mol. The summed E-state index contributed by atoms with van der Waals surface area (Å²) in [6.07, 6.45) is 0.976. The number of halogens is 2. The molecule has 0 aromatic heterocycles. The summed E-state index contributed by atoms with van der Waals surface area (Å²) in [7, 11) is -2.45. The maximum atomic E-state index is 14.2. The number of benzene rings is 2. The number of hydrogen-bond donors (Lipinski definition) is 1. The van der Waals surface area contributed by atoms with Crippen LogP contribution in [0, 0.1) is 12.7 Å². The first kappa shape index (κ1) is 24.6. The molecule has 1 atom stereocenters. The van der Waals surface area contributed by atoms with Crippen LogP contribution in [0.2, 0.25) is 5.02 Å². The quantitative estimate of drug-likeness (QED) is 0.644. The molecule has 168 valence electrons. The summed E-state index contributed by atoms with van der Waals surface area (Å²) in [5.41, 5.74) is 1.06. The van der Waals surface area contributed by atoms with Crippen LogP contribution >= 0.6 is 11.6 Å². The van der Waals surface area contributed by atoms with E-state index in [9.17, 15) is 22.4 Å². The summed E-state index contributed by atoms with van der Waals surface area (Å²) in [6.45, 7) is 2.41. The van der Waals surface area contributed by atoms with Gasteiger partial charge < -0.3 is 10.2 Å². The summed E-state index contributed by atoms with van der Waals surface area (Å²) in [5.74, 6) is -1.66. The number of anilines is 1. The van der Waals surface area contributed by atoms with E-state index in [1.165, 1.54) is 38.2 Å². The SMILES string of the molecule is CNC(=O)[C@H](C)N(Cc1ccccc1F)C(=O)CN(c1cc(Cl)ccc1C)S(C)(=O)=O. The third-order valence-corrected chi connectivity index (χ3v) is 6.19. The highest BCUT2D eigenvalue weighted by Gasteiger charge is 2.30. The van der Waals surface area contributed by atoms with E-state index < -0.39 is 40.2 Å². The molecule has 2 rings (SSSR count). The van der Waals surface area contributed by atoms with Crippen LogP contribution in [0.25, 0.3) is 0 Å². The Bertz CT molecular complexity index is 1080. The number of carbonyl (C=O) groups excluding carboxylic acids is 2. The van der Waals surface area contributed by atoms with Gasteiger partial charge in [0.25, 0.3) is 0 Å². The smallest absolute Gasteiger partial charge is 0.244 e. The van der Waals surface area contributed by atoms with Crippen LogP contribution in [0.15, 0.2) is 42.5 Å². The van der Waals surface area contributed by atoms with Gasteiger partial charge in [-0.3, -0.25) is 13.9 Å². The summed E-state index contributed by atoms with van der Waals surface area (Å²) < 4.78 is 40.1. The van der Waals surface area contributed by atoms with E-state index in [-0.39, 0.29) is 17.8 Å². The van der Waals surface area contributed by atoms with E-state index >= 15 is 0 Å². The highest BCUT2D eigenvalue weighted by atomic mass is 35.5. The minimum Gasteiger partial charge on any atom is -0.357 e. The molecule has 2 amide bonds. The first-order valence-corrected chi connectivity index (χ1v) is 11.7. The molecule has 0 unspecified atom stereocenters. The second kappa shape index (κ2) is 10.1. The number of aryl methyl sites for hydroxylation is 1. The number of nitrogens with zero attached hydrogens (tertiary/aromatic N) is 2. The largest absolute Gasteiger partial charge is 0.357 e. The van der Waals surface area contributed by atoms with Gasteiger partial charge in [0.15, 0.2) is 0 Å². The van der Waals surface area contributed by atoms with E-state index in [0.717, 1.165) is 15.5 Å². The van der Waals surface area contributed by atoms with E-state index in [4.69, 9.17) is 11.6 Å². The normalized spacial score (nSPS) is 12.2. The van der Waals surface area contributed by atoms with Crippen LogP contribution in [0.4, 0.5) is 10.1 Å². The van der Waals surface area contributed by atoms with Crippen molar-refractivity contribution in [3.63, 3.8) is 0 Å². The Hall–Kier alpha value is -2.65. The lowest BCUT2D eigenvalue weighted by molar-refractivity contribution is -0.139. The van der Waals surface area contributed by atoms with Crippen molar-refractivity contribution in [2.45, 2.75) is 26.4 Å². The summed E-state index contributed by atoms with van der Waals surface area (Å²) >= 11 is 6.03. The minimum atomic E-state index is -3.87. The van der Waals surface area contributed by atoms with Crippen molar-refractivity contribution < 1.29 is 22.4 Å². The zero-order valence-corrected chi connectivity index (χ0v) is 19.3. The first-order valence-electron chi connectivity index (χ1n) is 9.44. The lowest BCUT2D eigenvalue weighted by atomic mass is 10.1. The number of rotatable bonds is 8. The van der Waals surface area contributed by atoms with Gasteiger partial charge >= 0.3 is 0 Å². The predicted octanol–water partition coefficient (Wildman–Crippen LogP) is 2.72. The topological polar surface area (TPSA) is 86.8 Å². The number of sulfonamides is 1. The molecule has 10 heteroatoms. The van der Waals surface area contributed by atoms with Crippen molar-refractivity contribution in [2.75, 3.05) is 24.2 Å². The molecule has 2 aromatic rings. The highest BCUT2D eigenvalue weighted by Crippen LogP contribution is 2.26. The fourth-order valence-electron chi connectivity index (χ4n) is 3.05. The molecule has 0 fully saturated rings. The Labute approximate surface area is 186 Å². The first-order chi connectivity index (χ1) is 14.5. The number of carbonyl (C=O) groups is 2. The molecule has 0 aliphatic heterocycles. The Morgan fingerprint density at radius 3 is 2.42 bits per heavy atom. The van der Waals surface area contributed by atoms with Crippen LogP contribution in [0.5, 0.6) is 0 Å². The van der Waals surface area contributed by atoms with Crippen molar-refractivity contribution in [1.29, 1.82) is 0 Å². The second-order valence-corrected chi connectivity index (χ2v) is 9.45. The number of hydrogen-bond acceptors (Lipinski definition) is 4. The van der Waals surface area contributed by atoms with Crippen LogP contribution in [0.1, 0.15) is 18.1 Å². The van der Waals surface area contributed by atoms with E-state index in [1.54, 1.807) is 25.1 Å². The molecule has 0 saturated heterocycles. The molecule has 0 radical (unpaired) electrons. The maximum absolute atomic E-state index is 14.2. The summed E-state index contributed by atoms with van der Waals surface area (Å²) in [4.78, 5) is 26.6. The van der Waals surface area contributed by atoms with Gasteiger partial charge in [-0.2, -0.15) is 0 Å². The molecule has 0 saturated carbocycles. The van der Waals surface area contributed by atoms with E-state index in [0.29, 0.717) is 10.6 Å². The van der Waals surface area contributed by atoms with Gasteiger partial charge in [0.1, 0.15) is 18.4 Å². The molecular weight excluding hydrogens is 445 g/mol. The van der Waals surface area contributed by atoms with Crippen molar-refractivity contribution >= 4 is 39.1 Å². The Balaban J connectivity index is 2.45. The van der Waals surface area contributed by atoms with Crippen molar-refractivity contribution in [3.8, 4) is 0 Å². The molecule has 0 heterocycles. The standard InChI is InChI=1S/C21H25ClFN3O4S/c1-14-9-10-17(22)11-19(14)26(31(4,29)30)13-20(27)25(15(2)21(28)24-3)12-16-7-5-6-8-18(16)23/h5-11,15H,12-13H2,1-4H3,(H,24,28)/t15-/m0/s1. The van der Waals surface area contributed by atoms with Gasteiger partial charge in [-0.05, 0) is 37.6 Å². The molecule has 0 aliphatic carbocycles. The fourth-order valence-corrected chi connectivity index (χ4v) is 4.11. The zero-order valence-electron chi connectivity index (χ0n) is 17.7. The molecule has 1 N–H and O–H groups in total. The third-order valence-electron chi connectivity index (χ3n) is 4.83. The van der Waals surface area contributed by atoms with Crippen LogP contribution in [-0.4, -0.2) is 51.0 Å². The highest BCUT2D eigenvalue weighted by molar-refractivity contribution is 7.92. The Morgan fingerprint density at radius 2 is 1.84 bits per heavy atom. The average molecular weight is 470 g/mol. The third kappa shape index (κ3) is 6.18. The maximum Gasteiger partial charge on any atom is 0.244 e. The summed E-state index contributed by atoms with van der Waals surface area (Å²) in [5, 5.41) is 2.77. The monoisotopic (exact) mass is 469 g/mol. The fraction of sp³-hybridized carbons (Fsp3) is 0.333. The van der Waals surface area contributed by atoms with Gasteiger partial charge in [-0.25, -0.2) is 12.8 Å². The average Bonchev–Trinajstić information content (AvgIpc) is 2.71. The lowest BCUT2D eigenvalue weighted by Gasteiger charge is -2.31. The number of likely N-dealkylation sites (N-methyl/N-ethyl adjacent to an activating group) is 1. The van der Waals surface area contributed by atoms with Crippen LogP contribution in [-0.2, 0) is 26.2 Å². The van der Waals surface area contributed by atoms with Crippen LogP contribution in [0.3, 0.4) is 0 Å². The molecule has 0 spiro atoms. The van der Waals surface area contributed by atoms with Crippen LogP contribution < -0.4 is 9.62 Å². The minimum absolute atomic E-state index is 0.202. The molecular formula is C21H25ClFN3O4S. The lowest BCUT2D eigenvalue weighted by Crippen LogP contribution is -2.50. The number of nitrogens with one attached hydrogen (secondary N) is 1. The molecule has 0 aliphatic rings. The van der Waals surface area contributed by atoms with E-state index in [1.807, 2.05) is 0 Å². The molecule has 7 nitrogen and oxygen atoms in total. The molecule has 31 heavy (non-hydrogen) atoms. The van der Waals surface area contributed by atoms with Gasteiger partial charge in [-0.15, -0.1) is 0 Å². The van der Waals surface area contributed by atoms with Crippen molar-refractivity contribution in [1.82, 2.24) is 10.2 Å². The van der Waals surface area contributed by atoms with Gasteiger partial charge in [0.05, 0.1) is 11.9 Å². The second-order valence-electron chi connectivity index (χ2n) is 7.10. The zero-order chi connectivity index (χ0) is 23.3.